The maximum atomic E-state index is 13.4. The monoisotopic (exact) mass is 385 g/mol. The van der Waals surface area contributed by atoms with Gasteiger partial charge in [-0.2, -0.15) is 0 Å². The number of carbonyl (C=O) groups is 1. The number of carbonyl (C=O) groups excluding carboxylic acids is 1. The number of fused-ring (bicyclic) bond motifs is 1. The Labute approximate surface area is 162 Å². The number of hydrogen-bond acceptors (Lipinski definition) is 2. The number of halogens is 1. The number of rotatable bonds is 1. The zero-order chi connectivity index (χ0) is 19.0. The second-order valence-electron chi connectivity index (χ2n) is 6.80. The number of benzene rings is 2. The van der Waals surface area contributed by atoms with Crippen LogP contribution in [-0.4, -0.2) is 41.5 Å². The number of ether oxygens (including phenoxy) is 1. The zero-order valence-electron chi connectivity index (χ0n) is 15.4. The van der Waals surface area contributed by atoms with Gasteiger partial charge in [-0.15, -0.1) is 4.99 Å². The molecule has 0 aliphatic carbocycles. The molecule has 0 atom stereocenters. The molecule has 1 aliphatic rings. The summed E-state index contributed by atoms with van der Waals surface area (Å²) in [6, 6.07) is 15.3. The zero-order valence-corrected chi connectivity index (χ0v) is 16.2. The molecule has 2 amide bonds. The summed E-state index contributed by atoms with van der Waals surface area (Å²) in [5, 5.41) is 0.648. The molecule has 27 heavy (non-hydrogen) atoms. The van der Waals surface area contributed by atoms with Gasteiger partial charge in [0.2, 0.25) is 5.62 Å². The molecule has 2 aromatic carbocycles. The van der Waals surface area contributed by atoms with E-state index in [2.05, 4.69) is 4.99 Å². The summed E-state index contributed by atoms with van der Waals surface area (Å²) in [5.41, 5.74) is 3.58. The molecule has 2 heterocycles. The summed E-state index contributed by atoms with van der Waals surface area (Å²) in [6.07, 6.45) is 0. The normalized spacial score (nSPS) is 16.4. The Hall–Kier alpha value is -2.41. The fourth-order valence-electron chi connectivity index (χ4n) is 3.74. The molecule has 0 radical (unpaired) electrons. The van der Waals surface area contributed by atoms with E-state index in [9.17, 15) is 4.79 Å². The van der Waals surface area contributed by atoms with Gasteiger partial charge in [-0.05, 0) is 24.3 Å². The molecule has 0 saturated carbocycles. The number of quaternary nitrogens is 1. The van der Waals surface area contributed by atoms with Gasteiger partial charge in [0.1, 0.15) is 18.8 Å². The van der Waals surface area contributed by atoms with Crippen molar-refractivity contribution in [2.24, 2.45) is 19.1 Å². The lowest BCUT2D eigenvalue weighted by Gasteiger charge is -2.36. The van der Waals surface area contributed by atoms with E-state index in [0.29, 0.717) is 36.9 Å². The Morgan fingerprint density at radius 2 is 1.56 bits per heavy atom. The standard InChI is InChI=1S/C20H22ClN4O2/c1-23-17-5-3-4-6-18(17)24(2)19(23)22-20(26)25(11-13-27-14-12-25)16-9-7-15(21)8-10-16/h3-10H,11-14H2,1-2H3/q+1. The van der Waals surface area contributed by atoms with E-state index in [1.807, 2.05) is 71.8 Å². The van der Waals surface area contributed by atoms with Crippen LogP contribution in [0.1, 0.15) is 0 Å². The molecule has 1 aliphatic heterocycles. The van der Waals surface area contributed by atoms with E-state index < -0.39 is 0 Å². The number of para-hydroxylation sites is 2. The highest BCUT2D eigenvalue weighted by Gasteiger charge is 2.41. The first-order valence-electron chi connectivity index (χ1n) is 8.93. The minimum Gasteiger partial charge on any atom is -0.370 e. The van der Waals surface area contributed by atoms with Crippen LogP contribution in [-0.2, 0) is 18.8 Å². The van der Waals surface area contributed by atoms with Crippen LogP contribution in [0.2, 0.25) is 5.02 Å². The molecular weight excluding hydrogens is 364 g/mol. The predicted molar refractivity (Wildman–Crippen MR) is 107 cm³/mol. The molecule has 1 fully saturated rings. The van der Waals surface area contributed by atoms with Crippen molar-refractivity contribution < 1.29 is 9.53 Å². The van der Waals surface area contributed by atoms with Crippen LogP contribution >= 0.6 is 11.6 Å². The molecule has 0 spiro atoms. The quantitative estimate of drug-likeness (QED) is 0.604. The van der Waals surface area contributed by atoms with Gasteiger partial charge >= 0.3 is 6.03 Å². The van der Waals surface area contributed by atoms with E-state index >= 15 is 0 Å². The molecule has 1 saturated heterocycles. The molecule has 0 bridgehead atoms. The highest BCUT2D eigenvalue weighted by molar-refractivity contribution is 6.30. The van der Waals surface area contributed by atoms with Crippen molar-refractivity contribution in [3.63, 3.8) is 0 Å². The van der Waals surface area contributed by atoms with Crippen LogP contribution in [0.15, 0.2) is 53.5 Å². The SMILES string of the molecule is Cn1c(=NC(=O)[N+]2(c3ccc(Cl)cc3)CCOCC2)n(C)c2ccccc21. The summed E-state index contributed by atoms with van der Waals surface area (Å²) in [5.74, 6) is 0. The molecule has 6 nitrogen and oxygen atoms in total. The van der Waals surface area contributed by atoms with E-state index in [1.54, 1.807) is 0 Å². The number of urea groups is 1. The Morgan fingerprint density at radius 3 is 2.11 bits per heavy atom. The van der Waals surface area contributed by atoms with Gasteiger partial charge in [0.25, 0.3) is 0 Å². The Bertz CT molecular complexity index is 1020. The predicted octanol–water partition coefficient (Wildman–Crippen LogP) is 3.23. The van der Waals surface area contributed by atoms with Gasteiger partial charge in [-0.3, -0.25) is 0 Å². The molecule has 0 N–H and O–H groups in total. The van der Waals surface area contributed by atoms with Gasteiger partial charge < -0.3 is 13.9 Å². The van der Waals surface area contributed by atoms with Crippen LogP contribution in [0.5, 0.6) is 0 Å². The van der Waals surface area contributed by atoms with E-state index in [-0.39, 0.29) is 10.5 Å². The Balaban J connectivity index is 1.86. The minimum absolute atomic E-state index is 0.138. The fraction of sp³-hybridized carbons (Fsp3) is 0.300. The number of hydrogen-bond donors (Lipinski definition) is 0. The molecule has 1 aromatic heterocycles. The lowest BCUT2D eigenvalue weighted by atomic mass is 10.2. The highest BCUT2D eigenvalue weighted by atomic mass is 35.5. The minimum atomic E-state index is -0.192. The lowest BCUT2D eigenvalue weighted by molar-refractivity contribution is 0.0572. The highest BCUT2D eigenvalue weighted by Crippen LogP contribution is 2.28. The van der Waals surface area contributed by atoms with Crippen LogP contribution in [0, 0.1) is 0 Å². The average molecular weight is 386 g/mol. The average Bonchev–Trinajstić information content (AvgIpc) is 2.94. The van der Waals surface area contributed by atoms with Crippen molar-refractivity contribution in [3.8, 4) is 0 Å². The summed E-state index contributed by atoms with van der Waals surface area (Å²) in [6.45, 7) is 2.14. The maximum Gasteiger partial charge on any atom is 0.451 e. The second kappa shape index (κ2) is 6.96. The third kappa shape index (κ3) is 3.00. The lowest BCUT2D eigenvalue weighted by Crippen LogP contribution is -2.59. The van der Waals surface area contributed by atoms with Crippen molar-refractivity contribution in [2.45, 2.75) is 0 Å². The van der Waals surface area contributed by atoms with Crippen molar-refractivity contribution >= 4 is 34.4 Å². The molecule has 7 heteroatoms. The molecule has 0 unspecified atom stereocenters. The van der Waals surface area contributed by atoms with Crippen LogP contribution in [0.3, 0.4) is 0 Å². The molecular formula is C20H22ClN4O2+. The first-order chi connectivity index (χ1) is 13.0. The first kappa shape index (κ1) is 18.0. The topological polar surface area (TPSA) is 48.5 Å². The summed E-state index contributed by atoms with van der Waals surface area (Å²) >= 11 is 6.05. The van der Waals surface area contributed by atoms with E-state index in [0.717, 1.165) is 16.7 Å². The van der Waals surface area contributed by atoms with Crippen LogP contribution in [0.4, 0.5) is 10.5 Å². The largest absolute Gasteiger partial charge is 0.451 e. The van der Waals surface area contributed by atoms with Crippen LogP contribution in [0.25, 0.3) is 11.0 Å². The first-order valence-corrected chi connectivity index (χ1v) is 9.31. The summed E-state index contributed by atoms with van der Waals surface area (Å²) in [4.78, 5) is 18.0. The van der Waals surface area contributed by atoms with Gasteiger partial charge in [0.05, 0.1) is 24.2 Å². The summed E-state index contributed by atoms with van der Waals surface area (Å²) in [7, 11) is 3.86. The third-order valence-electron chi connectivity index (χ3n) is 5.32. The van der Waals surface area contributed by atoms with Crippen molar-refractivity contribution in [2.75, 3.05) is 26.3 Å². The number of aromatic nitrogens is 2. The Kier molecular flexibility index (Phi) is 4.63. The van der Waals surface area contributed by atoms with Gasteiger partial charge in [-0.25, -0.2) is 9.28 Å². The maximum absolute atomic E-state index is 13.4. The van der Waals surface area contributed by atoms with Gasteiger partial charge in [-0.1, -0.05) is 23.7 Å². The van der Waals surface area contributed by atoms with E-state index in [1.165, 1.54) is 0 Å². The number of aryl methyl sites for hydroxylation is 2. The van der Waals surface area contributed by atoms with Crippen molar-refractivity contribution in [1.29, 1.82) is 0 Å². The van der Waals surface area contributed by atoms with Crippen molar-refractivity contribution in [3.05, 3.63) is 59.2 Å². The number of imidazole rings is 1. The molecule has 3 aromatic rings. The third-order valence-corrected chi connectivity index (χ3v) is 5.57. The molecule has 140 valence electrons. The smallest absolute Gasteiger partial charge is 0.370 e. The number of nitrogens with zero attached hydrogens (tertiary/aromatic N) is 4. The number of amides is 2. The fourth-order valence-corrected chi connectivity index (χ4v) is 3.87. The number of morpholine rings is 1. The molecule has 4 rings (SSSR count). The summed E-state index contributed by atoms with van der Waals surface area (Å²) < 4.78 is 9.56. The van der Waals surface area contributed by atoms with E-state index in [4.69, 9.17) is 16.3 Å². The van der Waals surface area contributed by atoms with Crippen molar-refractivity contribution in [1.82, 2.24) is 13.6 Å². The van der Waals surface area contributed by atoms with Gasteiger partial charge in [0, 0.05) is 31.3 Å². The van der Waals surface area contributed by atoms with Crippen LogP contribution < -0.4 is 10.1 Å². The second-order valence-corrected chi connectivity index (χ2v) is 7.24. The van der Waals surface area contributed by atoms with Gasteiger partial charge in [0.15, 0.2) is 0 Å². The Morgan fingerprint density at radius 1 is 1.00 bits per heavy atom.